The summed E-state index contributed by atoms with van der Waals surface area (Å²) in [4.78, 5) is 2.68. The average Bonchev–Trinajstić information content (AvgIpc) is 2.30. The number of nitrogens with zero attached hydrogens (tertiary/aromatic N) is 1. The summed E-state index contributed by atoms with van der Waals surface area (Å²) in [6, 6.07) is 0.686. The Morgan fingerprint density at radius 2 is 2.00 bits per heavy atom. The molecule has 0 radical (unpaired) electrons. The van der Waals surface area contributed by atoms with E-state index in [2.05, 4.69) is 37.9 Å². The summed E-state index contributed by atoms with van der Waals surface area (Å²) in [5.41, 5.74) is 0.548. The van der Waals surface area contributed by atoms with Gasteiger partial charge in [0.2, 0.25) is 0 Å². The molecule has 0 spiro atoms. The van der Waals surface area contributed by atoms with Crippen LogP contribution < -0.4 is 5.32 Å². The molecule has 1 fully saturated rings. The van der Waals surface area contributed by atoms with Gasteiger partial charge < -0.3 is 10.2 Å². The average molecular weight is 240 g/mol. The highest BCUT2D eigenvalue weighted by atomic mass is 15.2. The lowest BCUT2D eigenvalue weighted by atomic mass is 9.76. The summed E-state index contributed by atoms with van der Waals surface area (Å²) in [6.07, 6.45) is 6.75. The maximum Gasteiger partial charge on any atom is 0.00528 e. The van der Waals surface area contributed by atoms with Gasteiger partial charge >= 0.3 is 0 Å². The second-order valence-electron chi connectivity index (χ2n) is 6.09. The first kappa shape index (κ1) is 15.0. The standard InChI is InChI=1S/C15H32N2/c1-5-8-15(9-7-10-16-12-15)13-17(11-6-2)14(3)4/h14,16H,5-13H2,1-4H3. The first-order chi connectivity index (χ1) is 8.13. The van der Waals surface area contributed by atoms with Crippen molar-refractivity contribution in [3.05, 3.63) is 0 Å². The molecule has 1 atom stereocenters. The fourth-order valence-corrected chi connectivity index (χ4v) is 3.23. The molecular formula is C15H32N2. The number of nitrogens with one attached hydrogen (secondary N) is 1. The minimum Gasteiger partial charge on any atom is -0.316 e. The van der Waals surface area contributed by atoms with E-state index in [0.29, 0.717) is 11.5 Å². The Morgan fingerprint density at radius 3 is 2.47 bits per heavy atom. The fourth-order valence-electron chi connectivity index (χ4n) is 3.23. The van der Waals surface area contributed by atoms with Crippen LogP contribution >= 0.6 is 0 Å². The van der Waals surface area contributed by atoms with E-state index < -0.39 is 0 Å². The zero-order chi connectivity index (χ0) is 12.7. The zero-order valence-electron chi connectivity index (χ0n) is 12.4. The van der Waals surface area contributed by atoms with E-state index in [1.807, 2.05) is 0 Å². The summed E-state index contributed by atoms with van der Waals surface area (Å²) in [7, 11) is 0. The van der Waals surface area contributed by atoms with Crippen LogP contribution in [0, 0.1) is 5.41 Å². The van der Waals surface area contributed by atoms with Crippen molar-refractivity contribution in [3.63, 3.8) is 0 Å². The molecule has 1 rings (SSSR count). The first-order valence-electron chi connectivity index (χ1n) is 7.58. The molecule has 1 N–H and O–H groups in total. The number of hydrogen-bond donors (Lipinski definition) is 1. The molecule has 0 bridgehead atoms. The van der Waals surface area contributed by atoms with Crippen LogP contribution in [0.2, 0.25) is 0 Å². The maximum absolute atomic E-state index is 3.62. The van der Waals surface area contributed by atoms with Crippen LogP contribution in [0.15, 0.2) is 0 Å². The van der Waals surface area contributed by atoms with Crippen LogP contribution in [0.3, 0.4) is 0 Å². The van der Waals surface area contributed by atoms with Gasteiger partial charge in [0.1, 0.15) is 0 Å². The molecule has 2 nitrogen and oxygen atoms in total. The number of hydrogen-bond acceptors (Lipinski definition) is 2. The zero-order valence-corrected chi connectivity index (χ0v) is 12.4. The molecule has 0 amide bonds. The quantitative estimate of drug-likeness (QED) is 0.735. The third-order valence-corrected chi connectivity index (χ3v) is 4.12. The minimum absolute atomic E-state index is 0.548. The van der Waals surface area contributed by atoms with Gasteiger partial charge in [0.25, 0.3) is 0 Å². The second kappa shape index (κ2) is 7.38. The van der Waals surface area contributed by atoms with E-state index in [0.717, 1.165) is 0 Å². The van der Waals surface area contributed by atoms with Gasteiger partial charge in [-0.1, -0.05) is 20.3 Å². The van der Waals surface area contributed by atoms with E-state index in [4.69, 9.17) is 0 Å². The Labute approximate surface area is 108 Å². The molecule has 1 saturated heterocycles. The molecule has 0 aromatic carbocycles. The van der Waals surface area contributed by atoms with Gasteiger partial charge in [-0.15, -0.1) is 0 Å². The summed E-state index contributed by atoms with van der Waals surface area (Å²) in [5.74, 6) is 0. The molecule has 2 heteroatoms. The van der Waals surface area contributed by atoms with E-state index in [1.54, 1.807) is 0 Å². The van der Waals surface area contributed by atoms with Gasteiger partial charge in [0.15, 0.2) is 0 Å². The third kappa shape index (κ3) is 4.59. The molecule has 0 saturated carbocycles. The van der Waals surface area contributed by atoms with E-state index in [1.165, 1.54) is 58.3 Å². The van der Waals surface area contributed by atoms with Crippen LogP contribution in [-0.4, -0.2) is 37.1 Å². The minimum atomic E-state index is 0.548. The molecule has 0 aliphatic carbocycles. The van der Waals surface area contributed by atoms with Gasteiger partial charge in [-0.3, -0.25) is 0 Å². The van der Waals surface area contributed by atoms with Gasteiger partial charge in [-0.2, -0.15) is 0 Å². The number of rotatable bonds is 7. The SMILES string of the molecule is CCCN(CC1(CCC)CCCNC1)C(C)C. The Kier molecular flexibility index (Phi) is 6.50. The highest BCUT2D eigenvalue weighted by Gasteiger charge is 2.33. The topological polar surface area (TPSA) is 15.3 Å². The van der Waals surface area contributed by atoms with Crippen molar-refractivity contribution in [1.82, 2.24) is 10.2 Å². The summed E-state index contributed by atoms with van der Waals surface area (Å²) in [5, 5.41) is 3.62. The van der Waals surface area contributed by atoms with Crippen LogP contribution in [0.1, 0.15) is 59.8 Å². The predicted molar refractivity (Wildman–Crippen MR) is 76.4 cm³/mol. The third-order valence-electron chi connectivity index (χ3n) is 4.12. The van der Waals surface area contributed by atoms with Crippen LogP contribution in [0.4, 0.5) is 0 Å². The molecule has 102 valence electrons. The molecule has 1 unspecified atom stereocenters. The Balaban J connectivity index is 2.62. The van der Waals surface area contributed by atoms with Crippen molar-refractivity contribution in [3.8, 4) is 0 Å². The highest BCUT2D eigenvalue weighted by Crippen LogP contribution is 2.33. The molecule has 17 heavy (non-hydrogen) atoms. The van der Waals surface area contributed by atoms with Gasteiger partial charge in [0.05, 0.1) is 0 Å². The second-order valence-corrected chi connectivity index (χ2v) is 6.09. The Hall–Kier alpha value is -0.0800. The lowest BCUT2D eigenvalue weighted by molar-refractivity contribution is 0.0866. The summed E-state index contributed by atoms with van der Waals surface area (Å²) in [6.45, 7) is 14.3. The van der Waals surface area contributed by atoms with Crippen LogP contribution in [-0.2, 0) is 0 Å². The van der Waals surface area contributed by atoms with Gasteiger partial charge in [-0.05, 0) is 58.0 Å². The lowest BCUT2D eigenvalue weighted by Crippen LogP contribution is -2.49. The van der Waals surface area contributed by atoms with Crippen molar-refractivity contribution in [2.24, 2.45) is 5.41 Å². The molecule has 1 heterocycles. The maximum atomic E-state index is 3.62. The van der Waals surface area contributed by atoms with E-state index in [9.17, 15) is 0 Å². The van der Waals surface area contributed by atoms with Crippen molar-refractivity contribution in [2.45, 2.75) is 65.8 Å². The van der Waals surface area contributed by atoms with Crippen LogP contribution in [0.25, 0.3) is 0 Å². The van der Waals surface area contributed by atoms with Crippen LogP contribution in [0.5, 0.6) is 0 Å². The molecule has 0 aromatic heterocycles. The lowest BCUT2D eigenvalue weighted by Gasteiger charge is -2.43. The van der Waals surface area contributed by atoms with Crippen molar-refractivity contribution in [2.75, 3.05) is 26.2 Å². The fraction of sp³-hybridized carbons (Fsp3) is 1.00. The first-order valence-corrected chi connectivity index (χ1v) is 7.58. The van der Waals surface area contributed by atoms with Gasteiger partial charge in [0, 0.05) is 19.1 Å². The number of piperidine rings is 1. The summed E-state index contributed by atoms with van der Waals surface area (Å²) >= 11 is 0. The largest absolute Gasteiger partial charge is 0.316 e. The smallest absolute Gasteiger partial charge is 0.00528 e. The van der Waals surface area contributed by atoms with Crippen molar-refractivity contribution >= 4 is 0 Å². The van der Waals surface area contributed by atoms with Gasteiger partial charge in [-0.25, -0.2) is 0 Å². The molecule has 1 aliphatic heterocycles. The monoisotopic (exact) mass is 240 g/mol. The Morgan fingerprint density at radius 1 is 1.24 bits per heavy atom. The molecule has 0 aromatic rings. The van der Waals surface area contributed by atoms with E-state index in [-0.39, 0.29) is 0 Å². The molecular weight excluding hydrogens is 208 g/mol. The highest BCUT2D eigenvalue weighted by molar-refractivity contribution is 4.88. The molecule has 1 aliphatic rings. The normalized spacial score (nSPS) is 25.8. The predicted octanol–water partition coefficient (Wildman–Crippen LogP) is 3.28. The van der Waals surface area contributed by atoms with E-state index >= 15 is 0 Å². The summed E-state index contributed by atoms with van der Waals surface area (Å²) < 4.78 is 0. The Bertz CT molecular complexity index is 190. The van der Waals surface area contributed by atoms with Crippen molar-refractivity contribution in [1.29, 1.82) is 0 Å². The van der Waals surface area contributed by atoms with Crippen molar-refractivity contribution < 1.29 is 0 Å².